The number of guanidine groups is 1. The van der Waals surface area contributed by atoms with Gasteiger partial charge in [0, 0.05) is 32.4 Å². The maximum Gasteiger partial charge on any atom is 0.243 e. The van der Waals surface area contributed by atoms with Crippen LogP contribution in [0.5, 0.6) is 5.75 Å². The molecule has 27 heteroatoms. The van der Waals surface area contributed by atoms with Crippen molar-refractivity contribution < 1.29 is 57.8 Å². The summed E-state index contributed by atoms with van der Waals surface area (Å²) < 4.78 is 0. The monoisotopic (exact) mass is 1060 g/mol. The van der Waals surface area contributed by atoms with Gasteiger partial charge in [0.25, 0.3) is 0 Å². The summed E-state index contributed by atoms with van der Waals surface area (Å²) in [5.41, 5.74) is 28.3. The fourth-order valence-electron chi connectivity index (χ4n) is 7.84. The number of phenolic OH excluding ortho intramolecular Hbond substituents is 1. The van der Waals surface area contributed by atoms with Gasteiger partial charge in [0.15, 0.2) is 5.96 Å². The first-order valence-corrected chi connectivity index (χ1v) is 24.7. The largest absolute Gasteiger partial charge is 0.508 e. The van der Waals surface area contributed by atoms with Crippen LogP contribution in [0.4, 0.5) is 0 Å². The molecule has 0 bridgehead atoms. The molecule has 1 fully saturated rings. The average molecular weight is 1060 g/mol. The predicted molar refractivity (Wildman–Crippen MR) is 276 cm³/mol. The number of primary amides is 2. The molecule has 2 aromatic rings. The van der Waals surface area contributed by atoms with Crippen molar-refractivity contribution in [1.82, 2.24) is 47.4 Å². The minimum Gasteiger partial charge on any atom is -0.508 e. The minimum atomic E-state index is -1.39. The number of hydrogen-bond donors (Lipinski definition) is 14. The van der Waals surface area contributed by atoms with Gasteiger partial charge in [-0.1, -0.05) is 56.3 Å². The number of nitrogens with two attached hydrogens (primary N) is 5. The Morgan fingerprint density at radius 2 is 1.21 bits per heavy atom. The zero-order valence-corrected chi connectivity index (χ0v) is 43.1. The van der Waals surface area contributed by atoms with Crippen molar-refractivity contribution >= 4 is 70.9 Å². The van der Waals surface area contributed by atoms with Crippen LogP contribution in [0.15, 0.2) is 59.6 Å². The first-order chi connectivity index (χ1) is 35.9. The van der Waals surface area contributed by atoms with E-state index in [0.29, 0.717) is 30.4 Å². The Hall–Kier alpha value is -8.36. The van der Waals surface area contributed by atoms with Crippen molar-refractivity contribution in [2.75, 3.05) is 26.2 Å². The highest BCUT2D eigenvalue weighted by Gasteiger charge is 2.37. The molecule has 0 radical (unpaired) electrons. The lowest BCUT2D eigenvalue weighted by molar-refractivity contribution is -0.140. The van der Waals surface area contributed by atoms with E-state index in [9.17, 15) is 57.8 Å². The summed E-state index contributed by atoms with van der Waals surface area (Å²) in [5, 5.41) is 30.0. The molecule has 0 aliphatic carbocycles. The zero-order valence-electron chi connectivity index (χ0n) is 43.1. The molecule has 0 aromatic heterocycles. The molecule has 416 valence electrons. The Kier molecular flexibility index (Phi) is 25.1. The standard InChI is InChI=1S/C49H73N15O12/c1-26(2)40(47(75)60-32(41(52)69)12-8-20-55-49(53)54)63-39(68)25-57-43(71)34(23-30-14-16-31(65)17-15-30)62-45(73)35(22-29-10-6-5-7-11-29)59-38(67)24-56-42(70)28(4)58-44(72)33(18-19-37(51)66)61-46(74)36-13-9-21-64(36)48(76)27(3)50/h5-7,10-11,14-17,26-28,32-36,40,65H,8-9,12-13,18-25,50H2,1-4H3,(H2,51,66)(H2,52,69)(H,56,70)(H,57,71)(H,58,72)(H,59,67)(H,60,75)(H,61,74)(H,62,73)(H,63,68)(H4,53,54,55)/t27-,28-,32-,33-,34-,35-,36-,40-/m0/s1. The van der Waals surface area contributed by atoms with E-state index < -0.39 is 132 Å². The molecule has 1 heterocycles. The lowest BCUT2D eigenvalue weighted by Crippen LogP contribution is -2.58. The van der Waals surface area contributed by atoms with Crippen LogP contribution in [0, 0.1) is 5.92 Å². The smallest absolute Gasteiger partial charge is 0.243 e. The number of carbonyl (C=O) groups excluding carboxylic acids is 11. The molecule has 0 unspecified atom stereocenters. The van der Waals surface area contributed by atoms with Crippen LogP contribution in [-0.2, 0) is 65.6 Å². The van der Waals surface area contributed by atoms with Crippen molar-refractivity contribution in [2.45, 2.75) is 127 Å². The molecular weight excluding hydrogens is 991 g/mol. The second-order valence-corrected chi connectivity index (χ2v) is 18.7. The van der Waals surface area contributed by atoms with E-state index in [1.54, 1.807) is 44.2 Å². The van der Waals surface area contributed by atoms with Gasteiger partial charge < -0.3 is 81.2 Å². The number of aliphatic imine (C=N–C) groups is 1. The summed E-state index contributed by atoms with van der Waals surface area (Å²) in [5.74, 6) is -9.22. The second kappa shape index (κ2) is 30.7. The molecule has 2 aromatic carbocycles. The summed E-state index contributed by atoms with van der Waals surface area (Å²) in [7, 11) is 0. The second-order valence-electron chi connectivity index (χ2n) is 18.7. The minimum absolute atomic E-state index is 0.0749. The SMILES string of the molecule is CC(C)[C@H](NC(=O)CNC(=O)[C@H](Cc1ccc(O)cc1)NC(=O)[C@H](Cc1ccccc1)NC(=O)CNC(=O)[C@H](C)NC(=O)[C@H](CCC(N)=O)NC(=O)[C@@H]1CCCN1C(=O)[C@H](C)N)C(=O)N[C@@H](CCCN=C(N)N)C(N)=O. The first kappa shape index (κ1) is 61.9. The van der Waals surface area contributed by atoms with E-state index in [-0.39, 0.29) is 56.9 Å². The Balaban J connectivity index is 1.72. The summed E-state index contributed by atoms with van der Waals surface area (Å²) >= 11 is 0. The maximum atomic E-state index is 14.2. The topological polar surface area (TPSA) is 450 Å². The van der Waals surface area contributed by atoms with Gasteiger partial charge in [0.2, 0.25) is 65.0 Å². The molecule has 11 amide bonds. The van der Waals surface area contributed by atoms with E-state index in [2.05, 4.69) is 47.5 Å². The van der Waals surface area contributed by atoms with Crippen molar-refractivity contribution in [2.24, 2.45) is 39.6 Å². The lowest BCUT2D eigenvalue weighted by Gasteiger charge is -2.27. The Labute approximate surface area is 439 Å². The first-order valence-electron chi connectivity index (χ1n) is 24.7. The quantitative estimate of drug-likeness (QED) is 0.0198. The zero-order chi connectivity index (χ0) is 56.6. The van der Waals surface area contributed by atoms with E-state index in [1.165, 1.54) is 43.0 Å². The molecule has 76 heavy (non-hydrogen) atoms. The highest BCUT2D eigenvalue weighted by molar-refractivity contribution is 5.98. The van der Waals surface area contributed by atoms with Gasteiger partial charge in [-0.3, -0.25) is 57.7 Å². The van der Waals surface area contributed by atoms with Crippen LogP contribution in [-0.4, -0.2) is 155 Å². The molecule has 0 spiro atoms. The normalized spacial score (nSPS) is 15.7. The van der Waals surface area contributed by atoms with Crippen molar-refractivity contribution in [1.29, 1.82) is 0 Å². The molecule has 19 N–H and O–H groups in total. The van der Waals surface area contributed by atoms with Crippen LogP contribution in [0.1, 0.15) is 77.3 Å². The summed E-state index contributed by atoms with van der Waals surface area (Å²) in [6, 6.07) is 4.76. The molecule has 1 saturated heterocycles. The van der Waals surface area contributed by atoms with E-state index in [4.69, 9.17) is 28.7 Å². The summed E-state index contributed by atoms with van der Waals surface area (Å²) in [6.45, 7) is 5.14. The fourth-order valence-corrected chi connectivity index (χ4v) is 7.84. The number of hydrogen-bond acceptors (Lipinski definition) is 14. The third-order valence-corrected chi connectivity index (χ3v) is 12.0. The van der Waals surface area contributed by atoms with E-state index in [1.807, 2.05) is 0 Å². The Bertz CT molecular complexity index is 2400. The van der Waals surface area contributed by atoms with Crippen LogP contribution in [0.2, 0.25) is 0 Å². The number of nitrogens with zero attached hydrogens (tertiary/aromatic N) is 2. The van der Waals surface area contributed by atoms with Crippen molar-refractivity contribution in [3.8, 4) is 5.75 Å². The van der Waals surface area contributed by atoms with Crippen molar-refractivity contribution in [3.63, 3.8) is 0 Å². The van der Waals surface area contributed by atoms with Gasteiger partial charge in [0.05, 0.1) is 19.1 Å². The molecule has 1 aliphatic heterocycles. The lowest BCUT2D eigenvalue weighted by atomic mass is 10.0. The van der Waals surface area contributed by atoms with Gasteiger partial charge in [-0.25, -0.2) is 0 Å². The van der Waals surface area contributed by atoms with E-state index >= 15 is 0 Å². The third kappa shape index (κ3) is 21.2. The fraction of sp³-hybridized carbons (Fsp3) is 0.510. The van der Waals surface area contributed by atoms with Crippen LogP contribution < -0.4 is 71.2 Å². The summed E-state index contributed by atoms with van der Waals surface area (Å²) in [6.07, 6.45) is 0.408. The average Bonchev–Trinajstić information content (AvgIpc) is 3.86. The maximum absolute atomic E-state index is 14.2. The van der Waals surface area contributed by atoms with Crippen LogP contribution in [0.3, 0.4) is 0 Å². The number of aromatic hydroxyl groups is 1. The Morgan fingerprint density at radius 1 is 0.645 bits per heavy atom. The van der Waals surface area contributed by atoms with E-state index in [0.717, 1.165) is 0 Å². The molecule has 8 atom stereocenters. The van der Waals surface area contributed by atoms with Gasteiger partial charge >= 0.3 is 0 Å². The Morgan fingerprint density at radius 3 is 1.79 bits per heavy atom. The van der Waals surface area contributed by atoms with Crippen molar-refractivity contribution in [3.05, 3.63) is 65.7 Å². The highest BCUT2D eigenvalue weighted by Crippen LogP contribution is 2.19. The summed E-state index contributed by atoms with van der Waals surface area (Å²) in [4.78, 5) is 150. The third-order valence-electron chi connectivity index (χ3n) is 12.0. The number of rotatable bonds is 30. The van der Waals surface area contributed by atoms with Gasteiger partial charge in [0.1, 0.15) is 48.0 Å². The number of phenols is 1. The highest BCUT2D eigenvalue weighted by atomic mass is 16.3. The predicted octanol–water partition coefficient (Wildman–Crippen LogP) is -4.86. The number of benzene rings is 2. The number of amides is 11. The number of nitrogens with one attached hydrogen (secondary N) is 8. The molecule has 27 nitrogen and oxygen atoms in total. The molecular formula is C49H73N15O12. The van der Waals surface area contributed by atoms with Gasteiger partial charge in [-0.15, -0.1) is 0 Å². The molecule has 3 rings (SSSR count). The number of carbonyl (C=O) groups is 11. The van der Waals surface area contributed by atoms with Crippen LogP contribution >= 0.6 is 0 Å². The molecule has 1 aliphatic rings. The van der Waals surface area contributed by atoms with Gasteiger partial charge in [-0.05, 0) is 75.1 Å². The number of likely N-dealkylation sites (tertiary alicyclic amines) is 1. The van der Waals surface area contributed by atoms with Crippen LogP contribution in [0.25, 0.3) is 0 Å². The molecule has 0 saturated carbocycles. The van der Waals surface area contributed by atoms with Gasteiger partial charge in [-0.2, -0.15) is 0 Å².